The van der Waals surface area contributed by atoms with Crippen LogP contribution in [-0.2, 0) is 9.59 Å². The van der Waals surface area contributed by atoms with Crippen molar-refractivity contribution in [3.63, 3.8) is 0 Å². The smallest absolute Gasteiger partial charge is 0.255 e. The molecule has 6 heteroatoms. The van der Waals surface area contributed by atoms with Gasteiger partial charge >= 0.3 is 0 Å². The van der Waals surface area contributed by atoms with Crippen LogP contribution in [-0.4, -0.2) is 59.6 Å². The molecule has 0 unspecified atom stereocenters. The Balaban J connectivity index is 1.77. The van der Waals surface area contributed by atoms with E-state index >= 15 is 0 Å². The Morgan fingerprint density at radius 3 is 2.68 bits per heavy atom. The molecule has 1 saturated carbocycles. The van der Waals surface area contributed by atoms with Gasteiger partial charge in [0.1, 0.15) is 0 Å². The summed E-state index contributed by atoms with van der Waals surface area (Å²) in [6, 6.07) is 0.0870. The van der Waals surface area contributed by atoms with Crippen LogP contribution in [0.4, 0.5) is 0 Å². The number of carbonyl (C=O) groups is 2. The fraction of sp³-hybridized carbons (Fsp3) is 0.895. The molecule has 1 aliphatic heterocycles. The molecule has 1 aliphatic carbocycles. The quantitative estimate of drug-likeness (QED) is 0.616. The van der Waals surface area contributed by atoms with Crippen LogP contribution in [0.2, 0.25) is 0 Å². The van der Waals surface area contributed by atoms with E-state index in [4.69, 9.17) is 0 Å². The van der Waals surface area contributed by atoms with Gasteiger partial charge in [-0.15, -0.1) is 0 Å². The third-order valence-electron chi connectivity index (χ3n) is 5.39. The molecular weight excluding hydrogens is 318 g/mol. The Morgan fingerprint density at radius 1 is 1.28 bits per heavy atom. The molecule has 2 rings (SSSR count). The van der Waals surface area contributed by atoms with Gasteiger partial charge in [-0.3, -0.25) is 9.59 Å². The Labute approximate surface area is 151 Å². The second kappa shape index (κ2) is 9.53. The van der Waals surface area contributed by atoms with Gasteiger partial charge in [-0.25, -0.2) is 0 Å². The van der Waals surface area contributed by atoms with Crippen molar-refractivity contribution in [2.75, 3.05) is 26.2 Å². The lowest BCUT2D eigenvalue weighted by Gasteiger charge is -2.39. The van der Waals surface area contributed by atoms with Crippen molar-refractivity contribution >= 4 is 11.8 Å². The largest absolute Gasteiger partial charge is 0.379 e. The summed E-state index contributed by atoms with van der Waals surface area (Å²) in [7, 11) is 0. The third-order valence-corrected chi connectivity index (χ3v) is 5.39. The Kier molecular flexibility index (Phi) is 7.69. The van der Waals surface area contributed by atoms with Gasteiger partial charge in [-0.1, -0.05) is 32.1 Å². The fourth-order valence-corrected chi connectivity index (χ4v) is 4.01. The van der Waals surface area contributed by atoms with Crippen LogP contribution in [0.3, 0.4) is 0 Å². The maximum Gasteiger partial charge on any atom is 0.255 e. The highest BCUT2D eigenvalue weighted by atomic mass is 16.3. The van der Waals surface area contributed by atoms with E-state index < -0.39 is 5.60 Å². The van der Waals surface area contributed by atoms with Crippen LogP contribution in [0.1, 0.15) is 65.2 Å². The van der Waals surface area contributed by atoms with Crippen LogP contribution >= 0.6 is 0 Å². The lowest BCUT2D eigenvalue weighted by atomic mass is 9.86. The van der Waals surface area contributed by atoms with Crippen LogP contribution in [0, 0.1) is 5.92 Å². The molecule has 144 valence electrons. The average Bonchev–Trinajstić information content (AvgIpc) is 2.57. The predicted octanol–water partition coefficient (Wildman–Crippen LogP) is 1.42. The molecule has 0 spiro atoms. The molecule has 2 amide bonds. The molecule has 0 bridgehead atoms. The number of rotatable bonds is 8. The van der Waals surface area contributed by atoms with Crippen molar-refractivity contribution in [1.82, 2.24) is 15.5 Å². The summed E-state index contributed by atoms with van der Waals surface area (Å²) in [4.78, 5) is 26.2. The predicted molar refractivity (Wildman–Crippen MR) is 98.1 cm³/mol. The van der Waals surface area contributed by atoms with Crippen LogP contribution < -0.4 is 10.6 Å². The summed E-state index contributed by atoms with van der Waals surface area (Å²) in [6.07, 6.45) is 8.84. The van der Waals surface area contributed by atoms with Gasteiger partial charge in [0.05, 0.1) is 6.54 Å². The normalized spacial score (nSPS) is 25.4. The van der Waals surface area contributed by atoms with Gasteiger partial charge in [0.15, 0.2) is 5.60 Å². The molecule has 0 aromatic carbocycles. The van der Waals surface area contributed by atoms with Crippen molar-refractivity contribution in [1.29, 1.82) is 0 Å². The lowest BCUT2D eigenvalue weighted by Crippen LogP contribution is -2.58. The number of likely N-dealkylation sites (tertiary alicyclic amines) is 1. The summed E-state index contributed by atoms with van der Waals surface area (Å²) in [5, 5.41) is 16.5. The summed E-state index contributed by atoms with van der Waals surface area (Å²) in [5.74, 6) is 0.441. The SMILES string of the molecule is CC(C)NC(=O)CNC[C@@]1(O)CCCN(CCC2CCCCC2)C1=O. The monoisotopic (exact) mass is 353 g/mol. The van der Waals surface area contributed by atoms with E-state index in [1.54, 1.807) is 0 Å². The van der Waals surface area contributed by atoms with Crippen LogP contribution in [0.25, 0.3) is 0 Å². The maximum absolute atomic E-state index is 12.7. The molecule has 0 aromatic heterocycles. The average molecular weight is 354 g/mol. The first kappa shape index (κ1) is 20.2. The molecular formula is C19H35N3O3. The summed E-state index contributed by atoms with van der Waals surface area (Å²) >= 11 is 0. The summed E-state index contributed by atoms with van der Waals surface area (Å²) in [5.41, 5.74) is -1.37. The van der Waals surface area contributed by atoms with Gasteiger partial charge < -0.3 is 20.6 Å². The van der Waals surface area contributed by atoms with Crippen molar-refractivity contribution < 1.29 is 14.7 Å². The highest BCUT2D eigenvalue weighted by Crippen LogP contribution is 2.28. The first-order chi connectivity index (χ1) is 11.9. The number of aliphatic hydroxyl groups is 1. The molecule has 1 atom stereocenters. The second-order valence-electron chi connectivity index (χ2n) is 8.05. The number of hydrogen-bond donors (Lipinski definition) is 3. The molecule has 2 fully saturated rings. The molecule has 1 heterocycles. The number of nitrogens with one attached hydrogen (secondary N) is 2. The molecule has 2 aliphatic rings. The van der Waals surface area contributed by atoms with E-state index in [0.717, 1.165) is 31.8 Å². The first-order valence-electron chi connectivity index (χ1n) is 9.92. The molecule has 1 saturated heterocycles. The minimum Gasteiger partial charge on any atom is -0.379 e. The van der Waals surface area contributed by atoms with Gasteiger partial charge in [0, 0.05) is 25.7 Å². The highest BCUT2D eigenvalue weighted by molar-refractivity contribution is 5.86. The van der Waals surface area contributed by atoms with E-state index in [0.29, 0.717) is 6.42 Å². The molecule has 0 aromatic rings. The summed E-state index contributed by atoms with van der Waals surface area (Å²) < 4.78 is 0. The van der Waals surface area contributed by atoms with Crippen LogP contribution in [0.5, 0.6) is 0 Å². The van der Waals surface area contributed by atoms with E-state index in [2.05, 4.69) is 10.6 Å². The first-order valence-corrected chi connectivity index (χ1v) is 9.92. The minimum atomic E-state index is -1.37. The zero-order valence-corrected chi connectivity index (χ0v) is 15.9. The number of nitrogens with zero attached hydrogens (tertiary/aromatic N) is 1. The highest BCUT2D eigenvalue weighted by Gasteiger charge is 2.41. The van der Waals surface area contributed by atoms with Gasteiger partial charge in [-0.2, -0.15) is 0 Å². The number of carbonyl (C=O) groups excluding carboxylic acids is 2. The van der Waals surface area contributed by atoms with Crippen molar-refractivity contribution in [3.05, 3.63) is 0 Å². The Morgan fingerprint density at radius 2 is 2.00 bits per heavy atom. The number of amides is 2. The van der Waals surface area contributed by atoms with Crippen molar-refractivity contribution in [2.45, 2.75) is 76.9 Å². The zero-order chi connectivity index (χ0) is 18.3. The Hall–Kier alpha value is -1.14. The lowest BCUT2D eigenvalue weighted by molar-refractivity contribution is -0.157. The minimum absolute atomic E-state index is 0.0870. The van der Waals surface area contributed by atoms with Gasteiger partial charge in [0.25, 0.3) is 5.91 Å². The van der Waals surface area contributed by atoms with E-state index in [-0.39, 0.29) is 30.9 Å². The van der Waals surface area contributed by atoms with E-state index in [1.807, 2.05) is 18.7 Å². The molecule has 25 heavy (non-hydrogen) atoms. The second-order valence-corrected chi connectivity index (χ2v) is 8.05. The molecule has 0 radical (unpaired) electrons. The number of hydrogen-bond acceptors (Lipinski definition) is 4. The van der Waals surface area contributed by atoms with E-state index in [9.17, 15) is 14.7 Å². The van der Waals surface area contributed by atoms with Gasteiger partial charge in [0.2, 0.25) is 5.91 Å². The van der Waals surface area contributed by atoms with Crippen LogP contribution in [0.15, 0.2) is 0 Å². The zero-order valence-electron chi connectivity index (χ0n) is 15.9. The molecule has 6 nitrogen and oxygen atoms in total. The molecule has 3 N–H and O–H groups in total. The van der Waals surface area contributed by atoms with Crippen molar-refractivity contribution in [3.8, 4) is 0 Å². The van der Waals surface area contributed by atoms with Crippen molar-refractivity contribution in [2.24, 2.45) is 5.92 Å². The standard InChI is InChI=1S/C19H35N3O3/c1-15(2)21-17(23)13-20-14-19(25)10-6-11-22(18(19)24)12-9-16-7-4-3-5-8-16/h15-16,20,25H,3-14H2,1-2H3,(H,21,23)/t19-/m0/s1. The third kappa shape index (κ3) is 6.26. The van der Waals surface area contributed by atoms with Gasteiger partial charge in [-0.05, 0) is 39.0 Å². The number of piperidine rings is 1. The fourth-order valence-electron chi connectivity index (χ4n) is 4.01. The Bertz CT molecular complexity index is 449. The maximum atomic E-state index is 12.7. The topological polar surface area (TPSA) is 81.7 Å². The summed E-state index contributed by atoms with van der Waals surface area (Å²) in [6.45, 7) is 5.55. The van der Waals surface area contributed by atoms with E-state index in [1.165, 1.54) is 32.1 Å².